The molecule has 7 heteroatoms. The van der Waals surface area contributed by atoms with Crippen LogP contribution in [0.15, 0.2) is 35.3 Å². The van der Waals surface area contributed by atoms with E-state index in [-0.39, 0.29) is 30.0 Å². The third-order valence-corrected chi connectivity index (χ3v) is 5.82. The fraction of sp³-hybridized carbons (Fsp3) is 0.636. The van der Waals surface area contributed by atoms with Gasteiger partial charge in [-0.05, 0) is 32.3 Å². The molecule has 1 saturated heterocycles. The fourth-order valence-electron chi connectivity index (χ4n) is 3.76. The largest absolute Gasteiger partial charge is 0.357 e. The number of guanidine groups is 1. The molecule has 2 fully saturated rings. The van der Waals surface area contributed by atoms with E-state index in [4.69, 9.17) is 4.99 Å². The number of amides is 1. The summed E-state index contributed by atoms with van der Waals surface area (Å²) in [5, 5.41) is 6.82. The molecule has 2 N–H and O–H groups in total. The summed E-state index contributed by atoms with van der Waals surface area (Å²) >= 11 is 0. The number of halogens is 1. The van der Waals surface area contributed by atoms with E-state index in [1.165, 1.54) is 12.0 Å². The topological polar surface area (TPSA) is 60.0 Å². The molecule has 1 aromatic carbocycles. The molecule has 0 aromatic heterocycles. The smallest absolute Gasteiger partial charge is 0.225 e. The Balaban J connectivity index is 0.00000300. The van der Waals surface area contributed by atoms with E-state index in [9.17, 15) is 4.79 Å². The third kappa shape index (κ3) is 7.13. The van der Waals surface area contributed by atoms with Gasteiger partial charge in [-0.15, -0.1) is 24.0 Å². The molecule has 0 spiro atoms. The lowest BCUT2D eigenvalue weighted by atomic mass is 9.84. The predicted octanol–water partition coefficient (Wildman–Crippen LogP) is 2.87. The van der Waals surface area contributed by atoms with Gasteiger partial charge in [0.25, 0.3) is 0 Å². The second-order valence-electron chi connectivity index (χ2n) is 7.83. The van der Waals surface area contributed by atoms with Crippen LogP contribution < -0.4 is 10.6 Å². The van der Waals surface area contributed by atoms with Gasteiger partial charge in [0.2, 0.25) is 5.91 Å². The Bertz CT molecular complexity index is 642. The van der Waals surface area contributed by atoms with Crippen LogP contribution in [-0.4, -0.2) is 67.5 Å². The van der Waals surface area contributed by atoms with Crippen molar-refractivity contribution in [3.63, 3.8) is 0 Å². The van der Waals surface area contributed by atoms with Crippen LogP contribution in [0.5, 0.6) is 0 Å². The molecular weight excluding hydrogens is 477 g/mol. The highest BCUT2D eigenvalue weighted by Crippen LogP contribution is 2.28. The van der Waals surface area contributed by atoms with Crippen molar-refractivity contribution < 1.29 is 4.79 Å². The van der Waals surface area contributed by atoms with Crippen LogP contribution in [0, 0.1) is 5.92 Å². The first-order valence-corrected chi connectivity index (χ1v) is 10.8. The van der Waals surface area contributed by atoms with Gasteiger partial charge in [0.05, 0.1) is 12.6 Å². The average molecular weight is 513 g/mol. The quantitative estimate of drug-likeness (QED) is 0.335. The lowest BCUT2D eigenvalue weighted by Gasteiger charge is -2.38. The molecule has 1 aliphatic heterocycles. The van der Waals surface area contributed by atoms with Crippen LogP contribution >= 0.6 is 24.0 Å². The molecule has 1 unspecified atom stereocenters. The highest BCUT2D eigenvalue weighted by Gasteiger charge is 2.30. The van der Waals surface area contributed by atoms with E-state index in [1.54, 1.807) is 0 Å². The van der Waals surface area contributed by atoms with Crippen molar-refractivity contribution in [2.24, 2.45) is 10.9 Å². The predicted molar refractivity (Wildman–Crippen MR) is 130 cm³/mol. The van der Waals surface area contributed by atoms with Crippen molar-refractivity contribution in [1.82, 2.24) is 20.4 Å². The Kier molecular flexibility index (Phi) is 10.2. The first-order chi connectivity index (χ1) is 13.7. The van der Waals surface area contributed by atoms with Gasteiger partial charge >= 0.3 is 0 Å². The summed E-state index contributed by atoms with van der Waals surface area (Å²) in [5.41, 5.74) is 1.25. The third-order valence-electron chi connectivity index (χ3n) is 5.82. The maximum Gasteiger partial charge on any atom is 0.225 e. The maximum absolute atomic E-state index is 12.4. The molecule has 29 heavy (non-hydrogen) atoms. The summed E-state index contributed by atoms with van der Waals surface area (Å²) in [4.78, 5) is 21.6. The van der Waals surface area contributed by atoms with Gasteiger partial charge in [-0.2, -0.15) is 0 Å². The van der Waals surface area contributed by atoms with E-state index in [0.29, 0.717) is 11.8 Å². The van der Waals surface area contributed by atoms with Crippen molar-refractivity contribution in [2.45, 2.75) is 39.2 Å². The molecule has 1 aromatic rings. The summed E-state index contributed by atoms with van der Waals surface area (Å²) in [6.07, 6.45) is 3.41. The van der Waals surface area contributed by atoms with Crippen molar-refractivity contribution in [2.75, 3.05) is 45.8 Å². The number of nitrogens with zero attached hydrogens (tertiary/aromatic N) is 3. The zero-order chi connectivity index (χ0) is 19.8. The minimum Gasteiger partial charge on any atom is -0.357 e. The number of carbonyl (C=O) groups excluding carboxylic acids is 1. The number of nitrogens with one attached hydrogen (secondary N) is 2. The van der Waals surface area contributed by atoms with Crippen LogP contribution in [0.25, 0.3) is 0 Å². The number of carbonyl (C=O) groups is 1. The van der Waals surface area contributed by atoms with Gasteiger partial charge in [-0.3, -0.25) is 14.7 Å². The van der Waals surface area contributed by atoms with E-state index < -0.39 is 0 Å². The number of benzene rings is 1. The van der Waals surface area contributed by atoms with Crippen LogP contribution in [-0.2, 0) is 4.79 Å². The summed E-state index contributed by atoms with van der Waals surface area (Å²) < 4.78 is 0. The minimum absolute atomic E-state index is 0. The summed E-state index contributed by atoms with van der Waals surface area (Å²) in [6.45, 7) is 10.4. The van der Waals surface area contributed by atoms with Gasteiger partial charge in [0.15, 0.2) is 5.96 Å². The van der Waals surface area contributed by atoms with E-state index >= 15 is 0 Å². The molecule has 0 bridgehead atoms. The Labute approximate surface area is 192 Å². The molecule has 2 aliphatic rings. The second kappa shape index (κ2) is 12.4. The minimum atomic E-state index is 0. The van der Waals surface area contributed by atoms with Crippen molar-refractivity contribution in [3.8, 4) is 0 Å². The summed E-state index contributed by atoms with van der Waals surface area (Å²) in [7, 11) is 0. The molecule has 1 saturated carbocycles. The Morgan fingerprint density at radius 3 is 2.45 bits per heavy atom. The van der Waals surface area contributed by atoms with Gasteiger partial charge < -0.3 is 15.5 Å². The Morgan fingerprint density at radius 2 is 1.86 bits per heavy atom. The summed E-state index contributed by atoms with van der Waals surface area (Å²) in [6, 6.07) is 10.6. The molecule has 0 radical (unpaired) electrons. The number of hydrogen-bond donors (Lipinski definition) is 2. The van der Waals surface area contributed by atoms with Gasteiger partial charge in [0, 0.05) is 45.2 Å². The zero-order valence-electron chi connectivity index (χ0n) is 17.8. The van der Waals surface area contributed by atoms with E-state index in [2.05, 4.69) is 58.5 Å². The molecule has 3 rings (SSSR count). The molecule has 1 aliphatic carbocycles. The highest BCUT2D eigenvalue weighted by molar-refractivity contribution is 14.0. The first-order valence-electron chi connectivity index (χ1n) is 10.8. The SMILES string of the molecule is CCNC(=NCCN1CCN(C(=O)C2CCC2)CC1)NC(C)c1ccccc1.I. The van der Waals surface area contributed by atoms with Gasteiger partial charge in [-0.1, -0.05) is 36.8 Å². The fourth-order valence-corrected chi connectivity index (χ4v) is 3.76. The van der Waals surface area contributed by atoms with Crippen molar-refractivity contribution >= 4 is 35.8 Å². The number of rotatable bonds is 7. The number of aliphatic imine (C=N–C) groups is 1. The van der Waals surface area contributed by atoms with Crippen molar-refractivity contribution in [1.29, 1.82) is 0 Å². The Hall–Kier alpha value is -1.35. The lowest BCUT2D eigenvalue weighted by Crippen LogP contribution is -2.51. The van der Waals surface area contributed by atoms with Crippen molar-refractivity contribution in [3.05, 3.63) is 35.9 Å². The lowest BCUT2D eigenvalue weighted by molar-refractivity contribution is -0.139. The summed E-state index contributed by atoms with van der Waals surface area (Å²) in [5.74, 6) is 1.56. The highest BCUT2D eigenvalue weighted by atomic mass is 127. The van der Waals surface area contributed by atoms with Gasteiger partial charge in [-0.25, -0.2) is 0 Å². The molecule has 6 nitrogen and oxygen atoms in total. The number of hydrogen-bond acceptors (Lipinski definition) is 3. The Morgan fingerprint density at radius 1 is 1.17 bits per heavy atom. The molecule has 1 amide bonds. The van der Waals surface area contributed by atoms with Gasteiger partial charge in [0.1, 0.15) is 0 Å². The van der Waals surface area contributed by atoms with Crippen LogP contribution in [0.3, 0.4) is 0 Å². The average Bonchev–Trinajstić information content (AvgIpc) is 2.68. The van der Waals surface area contributed by atoms with Crippen LogP contribution in [0.1, 0.15) is 44.7 Å². The van der Waals surface area contributed by atoms with Crippen LogP contribution in [0.2, 0.25) is 0 Å². The first kappa shape index (κ1) is 23.9. The monoisotopic (exact) mass is 513 g/mol. The maximum atomic E-state index is 12.4. The zero-order valence-corrected chi connectivity index (χ0v) is 20.1. The van der Waals surface area contributed by atoms with E-state index in [1.807, 2.05) is 6.07 Å². The van der Waals surface area contributed by atoms with E-state index in [0.717, 1.165) is 64.6 Å². The molecular formula is C22H36IN5O. The normalized spacial score (nSPS) is 19.1. The number of piperazine rings is 1. The van der Waals surface area contributed by atoms with Crippen LogP contribution in [0.4, 0.5) is 0 Å². The molecule has 1 atom stereocenters. The molecule has 162 valence electrons. The second-order valence-corrected chi connectivity index (χ2v) is 7.83. The standard InChI is InChI=1S/C22H35N5O.HI/c1-3-23-22(25-18(2)19-8-5-4-6-9-19)24-12-13-26-14-16-27(17-15-26)21(28)20-10-7-11-20;/h4-6,8-9,18,20H,3,7,10-17H2,1-2H3,(H2,23,24,25);1H. The molecule has 1 heterocycles.